The molecule has 1 unspecified atom stereocenters. The minimum absolute atomic E-state index is 0.00260. The number of carbonyl (C=O) groups is 2. The zero-order valence-electron chi connectivity index (χ0n) is 12.2. The van der Waals surface area contributed by atoms with E-state index >= 15 is 0 Å². The van der Waals surface area contributed by atoms with Crippen molar-refractivity contribution in [3.05, 3.63) is 30.1 Å². The highest BCUT2D eigenvalue weighted by Crippen LogP contribution is 2.18. The van der Waals surface area contributed by atoms with Gasteiger partial charge in [-0.3, -0.25) is 4.72 Å². The van der Waals surface area contributed by atoms with E-state index in [9.17, 15) is 22.4 Å². The zero-order chi connectivity index (χ0) is 16.7. The summed E-state index contributed by atoms with van der Waals surface area (Å²) >= 11 is 0. The summed E-state index contributed by atoms with van der Waals surface area (Å²) in [6, 6.07) is 4.26. The van der Waals surface area contributed by atoms with E-state index in [4.69, 9.17) is 0 Å². The summed E-state index contributed by atoms with van der Waals surface area (Å²) in [6.07, 6.45) is 0. The number of imide groups is 1. The monoisotopic (exact) mass is 328 g/mol. The van der Waals surface area contributed by atoms with Crippen LogP contribution in [-0.2, 0) is 14.8 Å². The first-order valence-corrected chi connectivity index (χ1v) is 7.85. The summed E-state index contributed by atoms with van der Waals surface area (Å²) in [5.41, 5.74) is 0.0832. The number of sulfonamides is 1. The quantitative estimate of drug-likeness (QED) is 0.825. The highest BCUT2D eigenvalue weighted by Gasteiger charge is 2.50. The molecule has 0 spiro atoms. The number of hydrogen-bond donors (Lipinski definition) is 1. The number of hydrogen-bond acceptors (Lipinski definition) is 4. The molecule has 0 fully saturated rings. The van der Waals surface area contributed by atoms with Crippen LogP contribution in [0.4, 0.5) is 14.9 Å². The summed E-state index contributed by atoms with van der Waals surface area (Å²) < 4.78 is 41.3. The van der Waals surface area contributed by atoms with Crippen LogP contribution in [0.5, 0.6) is 0 Å². The molecule has 0 saturated carbocycles. The Kier molecular flexibility index (Phi) is 4.01. The van der Waals surface area contributed by atoms with Gasteiger partial charge in [-0.1, -0.05) is 6.07 Å². The Morgan fingerprint density at radius 3 is 2.55 bits per heavy atom. The van der Waals surface area contributed by atoms with Crippen LogP contribution in [0, 0.1) is 5.82 Å². The molecule has 22 heavy (non-hydrogen) atoms. The standard InChI is InChI=1S/C13H15FN3O4S/c1-8-11(12(18)17(3)13(19)16(8)2)22(20,21)15-10-6-4-5-9(14)7-10/h4-7,11,15H,1-3H3/q+1. The lowest BCUT2D eigenvalue weighted by Crippen LogP contribution is -2.57. The number of rotatable bonds is 3. The van der Waals surface area contributed by atoms with Gasteiger partial charge in [-0.2, -0.15) is 14.3 Å². The van der Waals surface area contributed by atoms with E-state index in [0.29, 0.717) is 0 Å². The molecule has 0 bridgehead atoms. The van der Waals surface area contributed by atoms with Crippen molar-refractivity contribution in [2.45, 2.75) is 12.2 Å². The Labute approximate surface area is 127 Å². The van der Waals surface area contributed by atoms with E-state index in [1.165, 1.54) is 39.2 Å². The Hall–Kier alpha value is -2.29. The molecular weight excluding hydrogens is 313 g/mol. The van der Waals surface area contributed by atoms with Crippen molar-refractivity contribution in [1.29, 1.82) is 0 Å². The second-order valence-electron chi connectivity index (χ2n) is 4.92. The van der Waals surface area contributed by atoms with Crippen molar-refractivity contribution in [2.75, 3.05) is 18.8 Å². The van der Waals surface area contributed by atoms with E-state index in [1.54, 1.807) is 0 Å². The normalized spacial score (nSPS) is 19.6. The first-order valence-electron chi connectivity index (χ1n) is 6.31. The maximum Gasteiger partial charge on any atom is 0.500 e. The van der Waals surface area contributed by atoms with Gasteiger partial charge >= 0.3 is 11.9 Å². The predicted octanol–water partition coefficient (Wildman–Crippen LogP) is 0.631. The van der Waals surface area contributed by atoms with Crippen LogP contribution in [0.1, 0.15) is 6.92 Å². The van der Waals surface area contributed by atoms with Gasteiger partial charge in [0.1, 0.15) is 11.5 Å². The molecule has 0 aliphatic carbocycles. The van der Waals surface area contributed by atoms with Gasteiger partial charge in [-0.25, -0.2) is 17.6 Å². The SMILES string of the molecule is CC1=[N+](C)C(=O)N(C)C(=O)C1S(=O)(=O)Nc1cccc(F)c1. The fraction of sp³-hybridized carbons (Fsp3) is 0.308. The van der Waals surface area contributed by atoms with Gasteiger partial charge in [0.15, 0.2) is 0 Å². The van der Waals surface area contributed by atoms with Gasteiger partial charge in [0.05, 0.1) is 19.8 Å². The van der Waals surface area contributed by atoms with Gasteiger partial charge in [0.25, 0.3) is 10.0 Å². The Balaban J connectivity index is 2.44. The lowest BCUT2D eigenvalue weighted by Gasteiger charge is -2.23. The minimum Gasteiger partial charge on any atom is -0.282 e. The molecule has 1 aliphatic heterocycles. The van der Waals surface area contributed by atoms with Crippen molar-refractivity contribution >= 4 is 33.4 Å². The maximum absolute atomic E-state index is 13.1. The van der Waals surface area contributed by atoms with E-state index < -0.39 is 33.0 Å². The van der Waals surface area contributed by atoms with Gasteiger partial charge in [0.2, 0.25) is 5.25 Å². The third kappa shape index (κ3) is 2.71. The van der Waals surface area contributed by atoms with Crippen LogP contribution < -0.4 is 4.72 Å². The van der Waals surface area contributed by atoms with Gasteiger partial charge < -0.3 is 0 Å². The van der Waals surface area contributed by atoms with Crippen LogP contribution >= 0.6 is 0 Å². The predicted molar refractivity (Wildman–Crippen MR) is 77.8 cm³/mol. The number of benzene rings is 1. The number of nitrogens with one attached hydrogen (secondary N) is 1. The number of nitrogens with zero attached hydrogens (tertiary/aromatic N) is 2. The number of halogens is 1. The van der Waals surface area contributed by atoms with Crippen LogP contribution in [0.3, 0.4) is 0 Å². The molecular formula is C13H15FN3O4S+. The lowest BCUT2D eigenvalue weighted by molar-refractivity contribution is -0.405. The third-order valence-electron chi connectivity index (χ3n) is 3.43. The van der Waals surface area contributed by atoms with Crippen molar-refractivity contribution in [1.82, 2.24) is 4.90 Å². The van der Waals surface area contributed by atoms with Crippen molar-refractivity contribution in [2.24, 2.45) is 0 Å². The third-order valence-corrected chi connectivity index (χ3v) is 5.12. The van der Waals surface area contributed by atoms with Gasteiger partial charge in [-0.05, 0) is 25.1 Å². The fourth-order valence-electron chi connectivity index (χ4n) is 2.13. The molecule has 0 aromatic heterocycles. The zero-order valence-corrected chi connectivity index (χ0v) is 13.0. The van der Waals surface area contributed by atoms with E-state index in [1.807, 2.05) is 0 Å². The molecule has 1 atom stereocenters. The molecule has 0 radical (unpaired) electrons. The Morgan fingerprint density at radius 2 is 1.95 bits per heavy atom. The van der Waals surface area contributed by atoms with Crippen LogP contribution in [0.25, 0.3) is 0 Å². The second kappa shape index (κ2) is 5.48. The number of amides is 3. The first-order chi connectivity index (χ1) is 10.1. The largest absolute Gasteiger partial charge is 0.500 e. The smallest absolute Gasteiger partial charge is 0.282 e. The average molecular weight is 328 g/mol. The molecule has 0 saturated heterocycles. The highest BCUT2D eigenvalue weighted by molar-refractivity contribution is 7.94. The number of urea groups is 1. The minimum atomic E-state index is -4.18. The topological polar surface area (TPSA) is 86.6 Å². The second-order valence-corrected chi connectivity index (χ2v) is 6.68. The van der Waals surface area contributed by atoms with Crippen molar-refractivity contribution < 1.29 is 27.0 Å². The van der Waals surface area contributed by atoms with Gasteiger partial charge in [0, 0.05) is 0 Å². The first kappa shape index (κ1) is 16.1. The molecule has 118 valence electrons. The summed E-state index contributed by atoms with van der Waals surface area (Å²) in [6.45, 7) is 1.39. The fourth-order valence-corrected chi connectivity index (χ4v) is 3.74. The van der Waals surface area contributed by atoms with Crippen molar-refractivity contribution in [3.63, 3.8) is 0 Å². The van der Waals surface area contributed by atoms with E-state index in [2.05, 4.69) is 4.72 Å². The summed E-state index contributed by atoms with van der Waals surface area (Å²) in [4.78, 5) is 24.7. The Morgan fingerprint density at radius 1 is 1.32 bits per heavy atom. The maximum atomic E-state index is 13.1. The van der Waals surface area contributed by atoms with E-state index in [-0.39, 0.29) is 11.4 Å². The molecule has 1 heterocycles. The lowest BCUT2D eigenvalue weighted by atomic mass is 10.2. The van der Waals surface area contributed by atoms with Crippen molar-refractivity contribution in [3.8, 4) is 0 Å². The molecule has 1 aromatic carbocycles. The summed E-state index contributed by atoms with van der Waals surface area (Å²) in [5, 5.41) is -1.55. The number of carbonyl (C=O) groups excluding carboxylic acids is 2. The molecule has 7 nitrogen and oxygen atoms in total. The van der Waals surface area contributed by atoms with Crippen LogP contribution in [-0.4, -0.2) is 54.9 Å². The molecule has 1 N–H and O–H groups in total. The molecule has 3 amide bonds. The molecule has 1 aromatic rings. The van der Waals surface area contributed by atoms with Crippen LogP contribution in [0.15, 0.2) is 24.3 Å². The number of anilines is 1. The Bertz CT molecular complexity index is 788. The molecule has 1 aliphatic rings. The summed E-state index contributed by atoms with van der Waals surface area (Å²) in [7, 11) is -1.59. The highest BCUT2D eigenvalue weighted by atomic mass is 32.2. The average Bonchev–Trinajstić information content (AvgIpc) is 2.42. The van der Waals surface area contributed by atoms with Crippen LogP contribution in [0.2, 0.25) is 0 Å². The summed E-state index contributed by atoms with van der Waals surface area (Å²) in [5.74, 6) is -1.47. The molecule has 9 heteroatoms. The van der Waals surface area contributed by atoms with Gasteiger partial charge in [-0.15, -0.1) is 0 Å². The molecule has 2 rings (SSSR count). The van der Waals surface area contributed by atoms with E-state index in [0.717, 1.165) is 15.5 Å².